The SMILES string of the molecule is OCc1nnc(C2C3CCCCC32)n1C1CC1. The molecule has 0 aromatic carbocycles. The quantitative estimate of drug-likeness (QED) is 0.868. The van der Waals surface area contributed by atoms with Crippen molar-refractivity contribution in [1.29, 1.82) is 0 Å². The number of rotatable bonds is 3. The molecule has 3 fully saturated rings. The van der Waals surface area contributed by atoms with Crippen LogP contribution in [0.1, 0.15) is 62.1 Å². The minimum atomic E-state index is 0.0333. The predicted octanol–water partition coefficient (Wildman–Crippen LogP) is 2.01. The average molecular weight is 233 g/mol. The highest BCUT2D eigenvalue weighted by atomic mass is 16.3. The molecule has 1 N–H and O–H groups in total. The molecule has 0 saturated heterocycles. The van der Waals surface area contributed by atoms with Crippen molar-refractivity contribution in [3.63, 3.8) is 0 Å². The monoisotopic (exact) mass is 233 g/mol. The molecule has 4 rings (SSSR count). The summed E-state index contributed by atoms with van der Waals surface area (Å²) in [5.74, 6) is 4.37. The molecule has 1 aromatic heterocycles. The summed E-state index contributed by atoms with van der Waals surface area (Å²) in [5.41, 5.74) is 0. The molecule has 1 aromatic rings. The Morgan fingerprint density at radius 3 is 2.35 bits per heavy atom. The smallest absolute Gasteiger partial charge is 0.159 e. The van der Waals surface area contributed by atoms with E-state index >= 15 is 0 Å². The van der Waals surface area contributed by atoms with Gasteiger partial charge in [0, 0.05) is 12.0 Å². The molecule has 3 saturated carbocycles. The standard InChI is InChI=1S/C13H19N3O/c17-7-11-14-15-13(16(11)8-5-6-8)12-9-3-1-2-4-10(9)12/h8-10,12,17H,1-7H2. The summed E-state index contributed by atoms with van der Waals surface area (Å²) in [6.07, 6.45) is 8.01. The van der Waals surface area contributed by atoms with Crippen molar-refractivity contribution in [2.24, 2.45) is 11.8 Å². The Morgan fingerprint density at radius 1 is 1.06 bits per heavy atom. The van der Waals surface area contributed by atoms with Crippen LogP contribution in [-0.2, 0) is 6.61 Å². The van der Waals surface area contributed by atoms with Gasteiger partial charge in [0.2, 0.25) is 0 Å². The lowest BCUT2D eigenvalue weighted by Crippen LogP contribution is -2.06. The van der Waals surface area contributed by atoms with Gasteiger partial charge in [-0.15, -0.1) is 10.2 Å². The Labute approximate surface area is 101 Å². The van der Waals surface area contributed by atoms with E-state index in [0.29, 0.717) is 12.0 Å². The number of nitrogens with zero attached hydrogens (tertiary/aromatic N) is 3. The first-order chi connectivity index (χ1) is 8.40. The van der Waals surface area contributed by atoms with Crippen LogP contribution in [0.3, 0.4) is 0 Å². The van der Waals surface area contributed by atoms with Gasteiger partial charge in [-0.05, 0) is 37.5 Å². The lowest BCUT2D eigenvalue weighted by atomic mass is 10.0. The van der Waals surface area contributed by atoms with Gasteiger partial charge < -0.3 is 9.67 Å². The van der Waals surface area contributed by atoms with Crippen molar-refractivity contribution in [3.05, 3.63) is 11.6 Å². The van der Waals surface area contributed by atoms with Gasteiger partial charge in [-0.1, -0.05) is 12.8 Å². The Kier molecular flexibility index (Phi) is 2.10. The maximum Gasteiger partial charge on any atom is 0.159 e. The first kappa shape index (κ1) is 10.1. The van der Waals surface area contributed by atoms with Gasteiger partial charge in [-0.25, -0.2) is 0 Å². The largest absolute Gasteiger partial charge is 0.388 e. The minimum absolute atomic E-state index is 0.0333. The molecular formula is C13H19N3O. The van der Waals surface area contributed by atoms with E-state index in [1.807, 2.05) is 0 Å². The van der Waals surface area contributed by atoms with Crippen LogP contribution in [0, 0.1) is 11.8 Å². The first-order valence-corrected chi connectivity index (χ1v) is 6.94. The molecule has 0 spiro atoms. The summed E-state index contributed by atoms with van der Waals surface area (Å²) >= 11 is 0. The topological polar surface area (TPSA) is 50.9 Å². The van der Waals surface area contributed by atoms with E-state index in [9.17, 15) is 5.11 Å². The summed E-state index contributed by atoms with van der Waals surface area (Å²) < 4.78 is 2.25. The number of aliphatic hydroxyl groups is 1. The average Bonchev–Trinajstić information content (AvgIpc) is 3.27. The fourth-order valence-electron chi connectivity index (χ4n) is 3.78. The van der Waals surface area contributed by atoms with E-state index in [-0.39, 0.29) is 6.61 Å². The predicted molar refractivity (Wildman–Crippen MR) is 62.4 cm³/mol. The summed E-state index contributed by atoms with van der Waals surface area (Å²) in [6.45, 7) is 0.0333. The maximum atomic E-state index is 9.35. The fraction of sp³-hybridized carbons (Fsp3) is 0.846. The van der Waals surface area contributed by atoms with E-state index in [4.69, 9.17) is 0 Å². The highest BCUT2D eigenvalue weighted by Gasteiger charge is 2.54. The molecule has 4 heteroatoms. The van der Waals surface area contributed by atoms with Crippen molar-refractivity contribution in [2.45, 2.75) is 57.1 Å². The Morgan fingerprint density at radius 2 is 1.76 bits per heavy atom. The lowest BCUT2D eigenvalue weighted by Gasteiger charge is -2.07. The second-order valence-corrected chi connectivity index (χ2v) is 5.87. The van der Waals surface area contributed by atoms with E-state index < -0.39 is 0 Å². The van der Waals surface area contributed by atoms with Gasteiger partial charge in [0.05, 0.1) is 0 Å². The van der Waals surface area contributed by atoms with Gasteiger partial charge in [0.1, 0.15) is 12.4 Å². The fourth-order valence-corrected chi connectivity index (χ4v) is 3.78. The van der Waals surface area contributed by atoms with Crippen LogP contribution < -0.4 is 0 Å². The zero-order chi connectivity index (χ0) is 11.4. The highest BCUT2D eigenvalue weighted by Crippen LogP contribution is 2.61. The molecule has 2 unspecified atom stereocenters. The summed E-state index contributed by atoms with van der Waals surface area (Å²) in [5, 5.41) is 17.9. The van der Waals surface area contributed by atoms with Crippen LogP contribution in [0.5, 0.6) is 0 Å². The first-order valence-electron chi connectivity index (χ1n) is 6.94. The molecule has 0 radical (unpaired) electrons. The number of fused-ring (bicyclic) bond motifs is 1. The third-order valence-electron chi connectivity index (χ3n) is 4.80. The Bertz CT molecular complexity index is 426. The third-order valence-corrected chi connectivity index (χ3v) is 4.80. The van der Waals surface area contributed by atoms with E-state index in [1.54, 1.807) is 0 Å². The number of hydrogen-bond acceptors (Lipinski definition) is 3. The van der Waals surface area contributed by atoms with Crippen molar-refractivity contribution in [2.75, 3.05) is 0 Å². The summed E-state index contributed by atoms with van der Waals surface area (Å²) in [7, 11) is 0. The highest BCUT2D eigenvalue weighted by molar-refractivity contribution is 5.19. The van der Waals surface area contributed by atoms with Crippen LogP contribution in [-0.4, -0.2) is 19.9 Å². The van der Waals surface area contributed by atoms with Crippen LogP contribution in [0.2, 0.25) is 0 Å². The molecule has 1 heterocycles. The van der Waals surface area contributed by atoms with E-state index in [0.717, 1.165) is 17.7 Å². The van der Waals surface area contributed by atoms with E-state index in [1.165, 1.54) is 44.3 Å². The normalized spacial score (nSPS) is 35.7. The second-order valence-electron chi connectivity index (χ2n) is 5.87. The van der Waals surface area contributed by atoms with Gasteiger partial charge in [-0.2, -0.15) is 0 Å². The zero-order valence-corrected chi connectivity index (χ0v) is 10.0. The summed E-state index contributed by atoms with van der Waals surface area (Å²) in [4.78, 5) is 0. The number of hydrogen-bond donors (Lipinski definition) is 1. The lowest BCUT2D eigenvalue weighted by molar-refractivity contribution is 0.264. The van der Waals surface area contributed by atoms with E-state index in [2.05, 4.69) is 14.8 Å². The molecule has 92 valence electrons. The van der Waals surface area contributed by atoms with Gasteiger partial charge in [-0.3, -0.25) is 0 Å². The van der Waals surface area contributed by atoms with Crippen LogP contribution in [0.25, 0.3) is 0 Å². The molecule has 3 aliphatic carbocycles. The van der Waals surface area contributed by atoms with Crippen molar-refractivity contribution < 1.29 is 5.11 Å². The molecule has 3 aliphatic rings. The second kappa shape index (κ2) is 3.55. The molecule has 0 bridgehead atoms. The minimum Gasteiger partial charge on any atom is -0.388 e. The number of aromatic nitrogens is 3. The number of aliphatic hydroxyl groups excluding tert-OH is 1. The van der Waals surface area contributed by atoms with Crippen LogP contribution in [0.15, 0.2) is 0 Å². The Hall–Kier alpha value is -0.900. The van der Waals surface area contributed by atoms with Gasteiger partial charge in [0.15, 0.2) is 5.82 Å². The van der Waals surface area contributed by atoms with Gasteiger partial charge >= 0.3 is 0 Å². The molecule has 2 atom stereocenters. The van der Waals surface area contributed by atoms with Crippen molar-refractivity contribution >= 4 is 0 Å². The molecule has 4 nitrogen and oxygen atoms in total. The van der Waals surface area contributed by atoms with Crippen LogP contribution >= 0.6 is 0 Å². The van der Waals surface area contributed by atoms with Crippen LogP contribution in [0.4, 0.5) is 0 Å². The van der Waals surface area contributed by atoms with Crippen molar-refractivity contribution in [1.82, 2.24) is 14.8 Å². The Balaban J connectivity index is 1.67. The molecular weight excluding hydrogens is 214 g/mol. The molecule has 0 aliphatic heterocycles. The zero-order valence-electron chi connectivity index (χ0n) is 10.0. The van der Waals surface area contributed by atoms with Crippen molar-refractivity contribution in [3.8, 4) is 0 Å². The third kappa shape index (κ3) is 1.46. The molecule has 17 heavy (non-hydrogen) atoms. The van der Waals surface area contributed by atoms with Gasteiger partial charge in [0.25, 0.3) is 0 Å². The maximum absolute atomic E-state index is 9.35. The summed E-state index contributed by atoms with van der Waals surface area (Å²) in [6, 6.07) is 0.588. The molecule has 0 amide bonds.